The molecular formula is C34H32N6O9S4. The van der Waals surface area contributed by atoms with Gasteiger partial charge in [-0.1, -0.05) is 58.0 Å². The highest BCUT2D eigenvalue weighted by molar-refractivity contribution is 8.78. The number of likely N-dealkylation sites (N-methyl/N-ethyl adjacent to an activating group) is 2. The summed E-state index contributed by atoms with van der Waals surface area (Å²) in [4.78, 5) is 84.7. The fourth-order valence-electron chi connectivity index (χ4n) is 10.3. The fourth-order valence-corrected chi connectivity index (χ4v) is 17.5. The number of amides is 4. The Balaban J connectivity index is 1.34. The molecule has 4 amide bonds. The molecular weight excluding hydrogens is 765 g/mol. The van der Waals surface area contributed by atoms with E-state index in [0.717, 1.165) is 32.4 Å². The predicted molar refractivity (Wildman–Crippen MR) is 196 cm³/mol. The van der Waals surface area contributed by atoms with Crippen molar-refractivity contribution in [3.63, 3.8) is 0 Å². The van der Waals surface area contributed by atoms with Crippen molar-refractivity contribution in [2.45, 2.75) is 81.5 Å². The number of carbonyl (C=O) groups excluding carboxylic acids is 5. The number of benzene rings is 2. The van der Waals surface area contributed by atoms with Gasteiger partial charge in [0.2, 0.25) is 9.74 Å². The van der Waals surface area contributed by atoms with Gasteiger partial charge in [-0.15, -0.1) is 0 Å². The molecule has 53 heavy (non-hydrogen) atoms. The second kappa shape index (κ2) is 10.1. The lowest BCUT2D eigenvalue weighted by atomic mass is 9.52. The molecule has 1 unspecified atom stereocenters. The van der Waals surface area contributed by atoms with Crippen molar-refractivity contribution in [3.8, 4) is 0 Å². The van der Waals surface area contributed by atoms with Gasteiger partial charge in [0.25, 0.3) is 23.6 Å². The molecule has 0 aromatic heterocycles. The average molecular weight is 797 g/mol. The highest BCUT2D eigenvalue weighted by Crippen LogP contribution is 2.79. The summed E-state index contributed by atoms with van der Waals surface area (Å²) in [5.74, 6) is -4.04. The van der Waals surface area contributed by atoms with Gasteiger partial charge in [0, 0.05) is 25.5 Å². The van der Waals surface area contributed by atoms with Crippen molar-refractivity contribution in [3.05, 3.63) is 59.7 Å². The number of fused-ring (bicyclic) bond motifs is 11. The molecule has 276 valence electrons. The molecule has 0 saturated carbocycles. The number of para-hydroxylation sites is 2. The molecule has 2 aromatic carbocycles. The van der Waals surface area contributed by atoms with Gasteiger partial charge in [-0.25, -0.2) is 0 Å². The summed E-state index contributed by atoms with van der Waals surface area (Å²) in [6.45, 7) is 3.32. The summed E-state index contributed by atoms with van der Waals surface area (Å²) >= 11 is 0. The Bertz CT molecular complexity index is 2160. The Kier molecular flexibility index (Phi) is 6.43. The number of esters is 1. The monoisotopic (exact) mass is 796 g/mol. The molecule has 8 saturated heterocycles. The first-order valence-electron chi connectivity index (χ1n) is 16.9. The van der Waals surface area contributed by atoms with E-state index >= 15 is 9.59 Å². The summed E-state index contributed by atoms with van der Waals surface area (Å²) in [6, 6.07) is 14.3. The molecule has 10 aliphatic heterocycles. The second-order valence-corrected chi connectivity index (χ2v) is 20.4. The van der Waals surface area contributed by atoms with E-state index in [1.165, 1.54) is 44.5 Å². The van der Waals surface area contributed by atoms with Crippen LogP contribution in [0.3, 0.4) is 0 Å². The summed E-state index contributed by atoms with van der Waals surface area (Å²) in [7, 11) is 7.60. The molecule has 0 radical (unpaired) electrons. The van der Waals surface area contributed by atoms with Gasteiger partial charge in [0.05, 0.1) is 23.7 Å². The van der Waals surface area contributed by atoms with Crippen LogP contribution in [0.2, 0.25) is 0 Å². The molecule has 10 heterocycles. The van der Waals surface area contributed by atoms with Crippen LogP contribution in [-0.2, 0) is 44.3 Å². The van der Waals surface area contributed by atoms with Crippen molar-refractivity contribution >= 4 is 90.1 Å². The number of piperazine rings is 2. The zero-order chi connectivity index (χ0) is 37.4. The van der Waals surface area contributed by atoms with E-state index in [2.05, 4.69) is 10.6 Å². The fraction of sp³-hybridized carbons (Fsp3) is 0.471. The van der Waals surface area contributed by atoms with E-state index in [-0.39, 0.29) is 0 Å². The van der Waals surface area contributed by atoms with Crippen LogP contribution in [0.5, 0.6) is 0 Å². The number of carboxylic acid groups (broad SMARTS) is 1. The van der Waals surface area contributed by atoms with Crippen LogP contribution in [0.1, 0.15) is 37.8 Å². The number of aliphatic carboxylic acids is 1. The summed E-state index contributed by atoms with van der Waals surface area (Å²) in [5, 5.41) is 30.2. The van der Waals surface area contributed by atoms with Crippen LogP contribution in [0.4, 0.5) is 11.4 Å². The van der Waals surface area contributed by atoms with Crippen molar-refractivity contribution in [2.24, 2.45) is 0 Å². The van der Waals surface area contributed by atoms with Gasteiger partial charge in [-0.2, -0.15) is 0 Å². The number of nitrogens with zero attached hydrogens (tertiary/aromatic N) is 4. The largest absolute Gasteiger partial charge is 0.481 e. The number of rotatable bonds is 5. The standard InChI is InChI=1S/C34H32N6O9S4/c1-29-25(45)39-23-31(15-9-5-7-11-17(15)35-23,21(44)33(39,52-50-29)27(47)37(29)3)32-16-10-6-8-12-18(16)36-24(32)40-26(46)30(2)38(4)28(48)34(40,53-51-30)22(32)49-20(43)14-13-19(41)42/h5-12,21-24,35-36,44H,13-14H2,1-4H3,(H,41,42)/t21-,22-,23+,24+,29-,30-,31?,32+,33-,34-/m0/s1. The highest BCUT2D eigenvalue weighted by Gasteiger charge is 2.93. The van der Waals surface area contributed by atoms with Crippen LogP contribution in [0.15, 0.2) is 48.5 Å². The summed E-state index contributed by atoms with van der Waals surface area (Å²) in [6.07, 6.45) is -6.74. The number of ether oxygens (including phenoxy) is 1. The molecule has 8 fully saturated rings. The lowest BCUT2D eigenvalue weighted by Crippen LogP contribution is -2.77. The smallest absolute Gasteiger partial charge is 0.306 e. The first kappa shape index (κ1) is 33.8. The first-order chi connectivity index (χ1) is 25.1. The molecule has 10 atom stereocenters. The number of aliphatic hydroxyl groups excluding tert-OH is 1. The Morgan fingerprint density at radius 3 is 1.75 bits per heavy atom. The number of hydrogen-bond donors (Lipinski definition) is 4. The molecule has 2 aromatic rings. The highest BCUT2D eigenvalue weighted by atomic mass is 33.1. The van der Waals surface area contributed by atoms with Crippen molar-refractivity contribution < 1.29 is 43.7 Å². The van der Waals surface area contributed by atoms with Gasteiger partial charge in [-0.3, -0.25) is 38.6 Å². The van der Waals surface area contributed by atoms with E-state index in [4.69, 9.17) is 4.74 Å². The summed E-state index contributed by atoms with van der Waals surface area (Å²) in [5.41, 5.74) is -1.50. The maximum absolute atomic E-state index is 15.1. The van der Waals surface area contributed by atoms with Gasteiger partial charge >= 0.3 is 11.9 Å². The molecule has 4 N–H and O–H groups in total. The van der Waals surface area contributed by atoms with Crippen LogP contribution in [0.25, 0.3) is 0 Å². The van der Waals surface area contributed by atoms with Gasteiger partial charge in [-0.05, 0) is 58.7 Å². The Labute approximate surface area is 318 Å². The van der Waals surface area contributed by atoms with E-state index in [0.29, 0.717) is 22.5 Å². The Morgan fingerprint density at radius 1 is 0.717 bits per heavy atom. The van der Waals surface area contributed by atoms with Crippen LogP contribution < -0.4 is 10.6 Å². The van der Waals surface area contributed by atoms with Crippen molar-refractivity contribution in [1.29, 1.82) is 0 Å². The SMILES string of the molecule is CN1C(=O)[C@]23SS[C@@]1(C)C(=O)N2[C@H]1Nc2ccccc2C1([C@@]12c4ccccc4N[C@@H]1N1C(=O)[C@]4(C)SS[C@]1(C(=O)N4C)[C@H]2OC(=O)CCC(=O)O)[C@@H]3O. The minimum Gasteiger partial charge on any atom is -0.481 e. The number of nitrogens with one attached hydrogen (secondary N) is 2. The van der Waals surface area contributed by atoms with Crippen molar-refractivity contribution in [2.75, 3.05) is 24.7 Å². The zero-order valence-electron chi connectivity index (χ0n) is 28.5. The minimum absolute atomic E-state index is 0.420. The van der Waals surface area contributed by atoms with E-state index in [1.807, 2.05) is 0 Å². The molecule has 0 aliphatic carbocycles. The topological polar surface area (TPSA) is 189 Å². The molecule has 4 bridgehead atoms. The zero-order valence-corrected chi connectivity index (χ0v) is 31.8. The van der Waals surface area contributed by atoms with Gasteiger partial charge in [0.15, 0.2) is 15.8 Å². The molecule has 2 spiro atoms. The molecule has 10 aliphatic rings. The maximum Gasteiger partial charge on any atom is 0.306 e. The first-order valence-corrected chi connectivity index (χ1v) is 21.2. The normalized spacial score (nSPS) is 42.1. The Hall–Kier alpha value is -3.78. The molecule has 15 nitrogen and oxygen atoms in total. The van der Waals surface area contributed by atoms with Crippen LogP contribution >= 0.6 is 43.2 Å². The maximum atomic E-state index is 15.1. The van der Waals surface area contributed by atoms with E-state index in [9.17, 15) is 29.4 Å². The van der Waals surface area contributed by atoms with Crippen molar-refractivity contribution in [1.82, 2.24) is 19.6 Å². The van der Waals surface area contributed by atoms with Gasteiger partial charge < -0.3 is 35.4 Å². The lowest BCUT2D eigenvalue weighted by Gasteiger charge is -2.58. The van der Waals surface area contributed by atoms with Crippen LogP contribution in [-0.4, -0.2) is 123 Å². The number of carboxylic acids is 1. The number of carbonyl (C=O) groups is 6. The van der Waals surface area contributed by atoms with Crippen LogP contribution in [0, 0.1) is 0 Å². The van der Waals surface area contributed by atoms with Gasteiger partial charge in [0.1, 0.15) is 18.4 Å². The lowest BCUT2D eigenvalue weighted by molar-refractivity contribution is -0.173. The second-order valence-electron chi connectivity index (χ2n) is 14.9. The van der Waals surface area contributed by atoms with E-state index < -0.39 is 103 Å². The molecule has 12 rings (SSSR count). The van der Waals surface area contributed by atoms with E-state index in [1.54, 1.807) is 62.4 Å². The summed E-state index contributed by atoms with van der Waals surface area (Å²) < 4.78 is 6.56. The number of hydrogen-bond acceptors (Lipinski definition) is 14. The third-order valence-electron chi connectivity index (χ3n) is 12.9. The number of aliphatic hydroxyl groups is 1. The quantitative estimate of drug-likeness (QED) is 0.253. The number of anilines is 2. The minimum atomic E-state index is -1.92. The predicted octanol–water partition coefficient (Wildman–Crippen LogP) is 1.75. The molecule has 19 heteroatoms. The third kappa shape index (κ3) is 3.24. The Morgan fingerprint density at radius 2 is 1.19 bits per heavy atom. The average Bonchev–Trinajstić information content (AvgIpc) is 3.79. The third-order valence-corrected chi connectivity index (χ3v) is 20.2.